The SMILES string of the molecule is C/C(=C\C(=O)c1ccc(C)cc1)N(C)C. The fraction of sp³-hybridized carbons (Fsp3) is 0.308. The number of nitrogens with zero attached hydrogens (tertiary/aromatic N) is 1. The van der Waals surface area contributed by atoms with Gasteiger partial charge in [-0.05, 0) is 13.8 Å². The number of rotatable bonds is 3. The fourth-order valence-corrected chi connectivity index (χ4v) is 1.12. The average Bonchev–Trinajstić information content (AvgIpc) is 2.18. The molecule has 0 N–H and O–H groups in total. The molecule has 0 unspecified atom stereocenters. The van der Waals surface area contributed by atoms with Gasteiger partial charge in [0.05, 0.1) is 0 Å². The number of allylic oxidation sites excluding steroid dienone is 2. The molecule has 0 aliphatic rings. The third-order valence-electron chi connectivity index (χ3n) is 2.38. The summed E-state index contributed by atoms with van der Waals surface area (Å²) < 4.78 is 0. The summed E-state index contributed by atoms with van der Waals surface area (Å²) in [4.78, 5) is 13.7. The number of ketones is 1. The maximum absolute atomic E-state index is 11.8. The van der Waals surface area contributed by atoms with Crippen molar-refractivity contribution in [2.45, 2.75) is 13.8 Å². The van der Waals surface area contributed by atoms with Crippen molar-refractivity contribution in [3.8, 4) is 0 Å². The van der Waals surface area contributed by atoms with Gasteiger partial charge < -0.3 is 4.90 Å². The molecular weight excluding hydrogens is 186 g/mol. The Balaban J connectivity index is 2.86. The second kappa shape index (κ2) is 4.78. The Morgan fingerprint density at radius 1 is 1.20 bits per heavy atom. The Labute approximate surface area is 91.2 Å². The standard InChI is InChI=1S/C13H17NO/c1-10-5-7-12(8-6-10)13(15)9-11(2)14(3)4/h5-9H,1-4H3/b11-9+. The highest BCUT2D eigenvalue weighted by Gasteiger charge is 2.03. The Bertz CT molecular complexity index is 374. The number of benzene rings is 1. The summed E-state index contributed by atoms with van der Waals surface area (Å²) in [6.07, 6.45) is 1.66. The highest BCUT2D eigenvalue weighted by atomic mass is 16.1. The summed E-state index contributed by atoms with van der Waals surface area (Å²) in [5.41, 5.74) is 2.86. The minimum Gasteiger partial charge on any atom is -0.381 e. The van der Waals surface area contributed by atoms with Gasteiger partial charge in [-0.25, -0.2) is 0 Å². The Morgan fingerprint density at radius 2 is 1.73 bits per heavy atom. The van der Waals surface area contributed by atoms with Gasteiger partial charge in [-0.3, -0.25) is 4.79 Å². The zero-order valence-electron chi connectivity index (χ0n) is 9.74. The molecule has 0 aliphatic carbocycles. The lowest BCUT2D eigenvalue weighted by Gasteiger charge is -2.11. The van der Waals surface area contributed by atoms with Crippen LogP contribution in [0, 0.1) is 6.92 Å². The summed E-state index contributed by atoms with van der Waals surface area (Å²) in [7, 11) is 3.85. The minimum atomic E-state index is 0.0567. The van der Waals surface area contributed by atoms with Crippen LogP contribution in [0.25, 0.3) is 0 Å². The van der Waals surface area contributed by atoms with Crippen molar-refractivity contribution < 1.29 is 4.79 Å². The summed E-state index contributed by atoms with van der Waals surface area (Å²) in [6, 6.07) is 7.62. The molecule has 0 aromatic heterocycles. The van der Waals surface area contributed by atoms with Crippen LogP contribution in [-0.4, -0.2) is 24.8 Å². The van der Waals surface area contributed by atoms with Crippen LogP contribution in [0.15, 0.2) is 36.0 Å². The second-order valence-electron chi connectivity index (χ2n) is 3.91. The van der Waals surface area contributed by atoms with Crippen molar-refractivity contribution in [3.63, 3.8) is 0 Å². The van der Waals surface area contributed by atoms with E-state index in [2.05, 4.69) is 0 Å². The van der Waals surface area contributed by atoms with Gasteiger partial charge in [0.25, 0.3) is 0 Å². The number of carbonyl (C=O) groups excluding carboxylic acids is 1. The van der Waals surface area contributed by atoms with Gasteiger partial charge in [0.1, 0.15) is 0 Å². The van der Waals surface area contributed by atoms with E-state index in [4.69, 9.17) is 0 Å². The summed E-state index contributed by atoms with van der Waals surface area (Å²) >= 11 is 0. The van der Waals surface area contributed by atoms with Gasteiger partial charge in [-0.15, -0.1) is 0 Å². The number of aryl methyl sites for hydroxylation is 1. The van der Waals surface area contributed by atoms with Crippen molar-refractivity contribution in [1.82, 2.24) is 4.90 Å². The van der Waals surface area contributed by atoms with Crippen molar-refractivity contribution >= 4 is 5.78 Å². The molecule has 0 amide bonds. The van der Waals surface area contributed by atoms with E-state index in [1.807, 2.05) is 57.1 Å². The fourth-order valence-electron chi connectivity index (χ4n) is 1.12. The quantitative estimate of drug-likeness (QED) is 0.556. The topological polar surface area (TPSA) is 20.3 Å². The molecule has 15 heavy (non-hydrogen) atoms. The Hall–Kier alpha value is -1.57. The first-order valence-electron chi connectivity index (χ1n) is 4.97. The normalized spacial score (nSPS) is 11.3. The van der Waals surface area contributed by atoms with Crippen LogP contribution in [0.1, 0.15) is 22.8 Å². The van der Waals surface area contributed by atoms with Crippen LogP contribution in [0.5, 0.6) is 0 Å². The molecule has 0 radical (unpaired) electrons. The van der Waals surface area contributed by atoms with Crippen molar-refractivity contribution in [2.24, 2.45) is 0 Å². The minimum absolute atomic E-state index is 0.0567. The first-order valence-corrected chi connectivity index (χ1v) is 4.97. The molecule has 2 nitrogen and oxygen atoms in total. The zero-order chi connectivity index (χ0) is 11.4. The summed E-state index contributed by atoms with van der Waals surface area (Å²) in [5, 5.41) is 0. The molecule has 0 saturated heterocycles. The first kappa shape index (κ1) is 11.5. The van der Waals surface area contributed by atoms with Crippen LogP contribution in [0.2, 0.25) is 0 Å². The third-order valence-corrected chi connectivity index (χ3v) is 2.38. The second-order valence-corrected chi connectivity index (χ2v) is 3.91. The van der Waals surface area contributed by atoms with E-state index in [0.29, 0.717) is 0 Å². The van der Waals surface area contributed by atoms with E-state index in [1.165, 1.54) is 5.56 Å². The van der Waals surface area contributed by atoms with E-state index < -0.39 is 0 Å². The molecule has 80 valence electrons. The van der Waals surface area contributed by atoms with E-state index in [0.717, 1.165) is 11.3 Å². The molecule has 1 aromatic rings. The Kier molecular flexibility index (Phi) is 3.67. The van der Waals surface area contributed by atoms with Crippen molar-refractivity contribution in [3.05, 3.63) is 47.2 Å². The number of hydrogen-bond acceptors (Lipinski definition) is 2. The van der Waals surface area contributed by atoms with E-state index in [1.54, 1.807) is 6.08 Å². The van der Waals surface area contributed by atoms with E-state index in [9.17, 15) is 4.79 Å². The van der Waals surface area contributed by atoms with Gasteiger partial charge in [-0.1, -0.05) is 29.8 Å². The molecule has 0 atom stereocenters. The van der Waals surface area contributed by atoms with Gasteiger partial charge in [0, 0.05) is 31.4 Å². The average molecular weight is 203 g/mol. The molecule has 1 aromatic carbocycles. The molecule has 0 bridgehead atoms. The smallest absolute Gasteiger partial charge is 0.187 e. The van der Waals surface area contributed by atoms with Gasteiger partial charge in [0.2, 0.25) is 0 Å². The Morgan fingerprint density at radius 3 is 2.20 bits per heavy atom. The number of hydrogen-bond donors (Lipinski definition) is 0. The molecule has 2 heteroatoms. The zero-order valence-corrected chi connectivity index (χ0v) is 9.74. The maximum Gasteiger partial charge on any atom is 0.187 e. The molecule has 0 heterocycles. The maximum atomic E-state index is 11.8. The molecule has 0 fully saturated rings. The lowest BCUT2D eigenvalue weighted by Crippen LogP contribution is -2.10. The highest BCUT2D eigenvalue weighted by molar-refractivity contribution is 6.04. The van der Waals surface area contributed by atoms with Crippen LogP contribution in [0.3, 0.4) is 0 Å². The highest BCUT2D eigenvalue weighted by Crippen LogP contribution is 2.07. The monoisotopic (exact) mass is 203 g/mol. The number of carbonyl (C=O) groups is 1. The predicted molar refractivity (Wildman–Crippen MR) is 63.0 cm³/mol. The predicted octanol–water partition coefficient (Wildman–Crippen LogP) is 2.64. The lowest BCUT2D eigenvalue weighted by atomic mass is 10.1. The molecular formula is C13H17NO. The van der Waals surface area contributed by atoms with Gasteiger partial charge in [-0.2, -0.15) is 0 Å². The van der Waals surface area contributed by atoms with E-state index in [-0.39, 0.29) is 5.78 Å². The van der Waals surface area contributed by atoms with Crippen LogP contribution < -0.4 is 0 Å². The first-order chi connectivity index (χ1) is 7.00. The van der Waals surface area contributed by atoms with Crippen LogP contribution in [0.4, 0.5) is 0 Å². The van der Waals surface area contributed by atoms with Crippen LogP contribution >= 0.6 is 0 Å². The van der Waals surface area contributed by atoms with Gasteiger partial charge in [0.15, 0.2) is 5.78 Å². The van der Waals surface area contributed by atoms with Crippen molar-refractivity contribution in [1.29, 1.82) is 0 Å². The molecule has 0 saturated carbocycles. The van der Waals surface area contributed by atoms with Gasteiger partial charge >= 0.3 is 0 Å². The lowest BCUT2D eigenvalue weighted by molar-refractivity contribution is 0.104. The molecule has 0 aliphatic heterocycles. The summed E-state index contributed by atoms with van der Waals surface area (Å²) in [5.74, 6) is 0.0567. The molecule has 1 rings (SSSR count). The largest absolute Gasteiger partial charge is 0.381 e. The van der Waals surface area contributed by atoms with Crippen molar-refractivity contribution in [2.75, 3.05) is 14.1 Å². The molecule has 0 spiro atoms. The van der Waals surface area contributed by atoms with Crippen LogP contribution in [-0.2, 0) is 0 Å². The third kappa shape index (κ3) is 3.24. The van der Waals surface area contributed by atoms with E-state index >= 15 is 0 Å². The summed E-state index contributed by atoms with van der Waals surface area (Å²) in [6.45, 7) is 3.93.